The molecular weight excluding hydrogens is 352 g/mol. The van der Waals surface area contributed by atoms with Crippen molar-refractivity contribution in [3.8, 4) is 5.88 Å². The minimum Gasteiger partial charge on any atom is -0.480 e. The fraction of sp³-hybridized carbons (Fsp3) is 0.526. The monoisotopic (exact) mass is 376 g/mol. The standard InChI is InChI=1S/C19H25ClN4O2/c1-13-11-18(26-3)22-23(13)12-15-6-8-16(9-7-15)24(20)19(25)17-5-4-10-21-14(17)2/h4-5,10-11,15-16H,6-9,12H2,1-3H3/t15-,16-. The molecule has 0 atom stereocenters. The van der Waals surface area contributed by atoms with Crippen molar-refractivity contribution in [3.63, 3.8) is 0 Å². The molecule has 0 spiro atoms. The molecule has 6 nitrogen and oxygen atoms in total. The molecule has 1 aliphatic carbocycles. The minimum absolute atomic E-state index is 0.0632. The van der Waals surface area contributed by atoms with Gasteiger partial charge in [-0.15, -0.1) is 5.10 Å². The van der Waals surface area contributed by atoms with Gasteiger partial charge < -0.3 is 4.74 Å². The van der Waals surface area contributed by atoms with Crippen LogP contribution in [0.2, 0.25) is 0 Å². The van der Waals surface area contributed by atoms with Gasteiger partial charge in [0, 0.05) is 42.3 Å². The van der Waals surface area contributed by atoms with Crippen LogP contribution in [0.25, 0.3) is 0 Å². The Hall–Kier alpha value is -2.08. The number of hydrogen-bond donors (Lipinski definition) is 0. The van der Waals surface area contributed by atoms with Crippen LogP contribution in [0, 0.1) is 19.8 Å². The summed E-state index contributed by atoms with van der Waals surface area (Å²) in [4.78, 5) is 16.8. The Morgan fingerprint density at radius 1 is 1.35 bits per heavy atom. The van der Waals surface area contributed by atoms with E-state index in [9.17, 15) is 4.79 Å². The lowest BCUT2D eigenvalue weighted by atomic mass is 9.86. The molecule has 1 fully saturated rings. The molecule has 0 aliphatic heterocycles. The van der Waals surface area contributed by atoms with E-state index >= 15 is 0 Å². The number of rotatable bonds is 5. The average Bonchev–Trinajstić information content (AvgIpc) is 3.01. The van der Waals surface area contributed by atoms with Crippen molar-refractivity contribution in [3.05, 3.63) is 41.3 Å². The van der Waals surface area contributed by atoms with E-state index in [0.29, 0.717) is 23.1 Å². The van der Waals surface area contributed by atoms with E-state index in [0.717, 1.165) is 37.9 Å². The number of carbonyl (C=O) groups excluding carboxylic acids is 1. The topological polar surface area (TPSA) is 60.2 Å². The molecule has 0 radical (unpaired) electrons. The van der Waals surface area contributed by atoms with Gasteiger partial charge in [0.1, 0.15) is 0 Å². The smallest absolute Gasteiger partial charge is 0.270 e. The SMILES string of the molecule is COc1cc(C)n(C[C@H]2CC[C@H](N(Cl)C(=O)c3cccnc3C)CC2)n1. The zero-order chi connectivity index (χ0) is 18.7. The van der Waals surface area contributed by atoms with Crippen LogP contribution in [0.15, 0.2) is 24.4 Å². The first-order valence-electron chi connectivity index (χ1n) is 8.99. The maximum atomic E-state index is 12.6. The maximum Gasteiger partial charge on any atom is 0.270 e. The molecule has 0 bridgehead atoms. The van der Waals surface area contributed by atoms with Gasteiger partial charge in [0.25, 0.3) is 5.91 Å². The van der Waals surface area contributed by atoms with Gasteiger partial charge >= 0.3 is 0 Å². The van der Waals surface area contributed by atoms with Crippen molar-refractivity contribution >= 4 is 17.7 Å². The summed E-state index contributed by atoms with van der Waals surface area (Å²) in [6.07, 6.45) is 5.53. The first kappa shape index (κ1) is 18.7. The van der Waals surface area contributed by atoms with Crippen molar-refractivity contribution < 1.29 is 9.53 Å². The Kier molecular flexibility index (Phi) is 5.81. The Labute approximate surface area is 159 Å². The molecule has 3 rings (SSSR count). The molecule has 7 heteroatoms. The van der Waals surface area contributed by atoms with Crippen LogP contribution >= 0.6 is 11.8 Å². The summed E-state index contributed by atoms with van der Waals surface area (Å²) in [6.45, 7) is 4.74. The Morgan fingerprint density at radius 2 is 2.08 bits per heavy atom. The first-order valence-corrected chi connectivity index (χ1v) is 9.32. The molecule has 0 N–H and O–H groups in total. The number of ether oxygens (including phenoxy) is 1. The minimum atomic E-state index is -0.159. The zero-order valence-electron chi connectivity index (χ0n) is 15.5. The summed E-state index contributed by atoms with van der Waals surface area (Å²) < 4.78 is 8.58. The molecule has 0 saturated heterocycles. The molecule has 2 aromatic rings. The highest BCUT2D eigenvalue weighted by molar-refractivity contribution is 6.24. The molecule has 140 valence electrons. The molecule has 2 aromatic heterocycles. The third-order valence-electron chi connectivity index (χ3n) is 5.17. The van der Waals surface area contributed by atoms with Crippen LogP contribution in [-0.2, 0) is 6.54 Å². The zero-order valence-corrected chi connectivity index (χ0v) is 16.2. The van der Waals surface area contributed by atoms with Crippen molar-refractivity contribution in [2.24, 2.45) is 5.92 Å². The van der Waals surface area contributed by atoms with Crippen LogP contribution in [0.3, 0.4) is 0 Å². The Balaban J connectivity index is 1.57. The van der Waals surface area contributed by atoms with Crippen molar-refractivity contribution in [2.75, 3.05) is 7.11 Å². The predicted molar refractivity (Wildman–Crippen MR) is 100 cm³/mol. The molecule has 2 heterocycles. The third-order valence-corrected chi connectivity index (χ3v) is 5.60. The van der Waals surface area contributed by atoms with Crippen LogP contribution in [0.5, 0.6) is 5.88 Å². The summed E-state index contributed by atoms with van der Waals surface area (Å²) in [5.41, 5.74) is 2.38. The highest BCUT2D eigenvalue weighted by Crippen LogP contribution is 2.31. The summed E-state index contributed by atoms with van der Waals surface area (Å²) in [7, 11) is 1.63. The second-order valence-electron chi connectivity index (χ2n) is 6.94. The number of halogens is 1. The van der Waals surface area contributed by atoms with E-state index in [-0.39, 0.29) is 11.9 Å². The van der Waals surface area contributed by atoms with Crippen molar-refractivity contribution in [1.29, 1.82) is 0 Å². The summed E-state index contributed by atoms with van der Waals surface area (Å²) >= 11 is 6.39. The second kappa shape index (κ2) is 8.08. The molecule has 0 unspecified atom stereocenters. The number of carbonyl (C=O) groups is 1. The fourth-order valence-electron chi connectivity index (χ4n) is 3.55. The lowest BCUT2D eigenvalue weighted by molar-refractivity contribution is 0.0782. The normalized spacial score (nSPS) is 20.0. The van der Waals surface area contributed by atoms with Crippen LogP contribution < -0.4 is 4.74 Å². The number of methoxy groups -OCH3 is 1. The maximum absolute atomic E-state index is 12.6. The largest absolute Gasteiger partial charge is 0.480 e. The van der Waals surface area contributed by atoms with E-state index in [2.05, 4.69) is 10.1 Å². The van der Waals surface area contributed by atoms with Crippen LogP contribution in [0.1, 0.15) is 47.4 Å². The Morgan fingerprint density at radius 3 is 2.69 bits per heavy atom. The Bertz CT molecular complexity index is 769. The molecular formula is C19H25ClN4O2. The van der Waals surface area contributed by atoms with Gasteiger partial charge in [-0.3, -0.25) is 14.5 Å². The van der Waals surface area contributed by atoms with Gasteiger partial charge in [-0.05, 0) is 57.6 Å². The molecule has 26 heavy (non-hydrogen) atoms. The number of nitrogens with zero attached hydrogens (tertiary/aromatic N) is 4. The number of hydrogen-bond acceptors (Lipinski definition) is 4. The van der Waals surface area contributed by atoms with Crippen molar-refractivity contribution in [1.82, 2.24) is 19.2 Å². The van der Waals surface area contributed by atoms with E-state index in [1.54, 1.807) is 25.4 Å². The predicted octanol–water partition coefficient (Wildman–Crippen LogP) is 3.76. The number of aromatic nitrogens is 3. The molecule has 1 saturated carbocycles. The lowest BCUT2D eigenvalue weighted by Crippen LogP contribution is -2.37. The van der Waals surface area contributed by atoms with E-state index in [4.69, 9.17) is 16.5 Å². The third kappa shape index (κ3) is 4.01. The van der Waals surface area contributed by atoms with E-state index in [1.807, 2.05) is 24.6 Å². The van der Waals surface area contributed by atoms with Gasteiger partial charge in [-0.2, -0.15) is 0 Å². The molecule has 1 aliphatic rings. The summed E-state index contributed by atoms with van der Waals surface area (Å²) in [5, 5.41) is 4.45. The first-order chi connectivity index (χ1) is 12.5. The van der Waals surface area contributed by atoms with Gasteiger partial charge in [0.15, 0.2) is 0 Å². The van der Waals surface area contributed by atoms with Crippen LogP contribution in [-0.4, -0.2) is 38.2 Å². The fourth-order valence-corrected chi connectivity index (χ4v) is 3.84. The van der Waals surface area contributed by atoms with Gasteiger partial charge in [-0.1, -0.05) is 0 Å². The highest BCUT2D eigenvalue weighted by Gasteiger charge is 2.29. The highest BCUT2D eigenvalue weighted by atomic mass is 35.5. The summed E-state index contributed by atoms with van der Waals surface area (Å²) in [6, 6.07) is 5.55. The molecule has 0 aromatic carbocycles. The van der Waals surface area contributed by atoms with Crippen LogP contribution in [0.4, 0.5) is 0 Å². The number of amides is 1. The number of pyridine rings is 1. The summed E-state index contributed by atoms with van der Waals surface area (Å²) in [5.74, 6) is 1.03. The van der Waals surface area contributed by atoms with E-state index < -0.39 is 0 Å². The van der Waals surface area contributed by atoms with Gasteiger partial charge in [-0.25, -0.2) is 4.42 Å². The quantitative estimate of drug-likeness (QED) is 0.745. The average molecular weight is 377 g/mol. The second-order valence-corrected chi connectivity index (χ2v) is 7.30. The lowest BCUT2D eigenvalue weighted by Gasteiger charge is -2.33. The van der Waals surface area contributed by atoms with Crippen molar-refractivity contribution in [2.45, 2.75) is 52.1 Å². The van der Waals surface area contributed by atoms with Gasteiger partial charge in [0.05, 0.1) is 18.4 Å². The van der Waals surface area contributed by atoms with Gasteiger partial charge in [0.2, 0.25) is 5.88 Å². The number of aryl methyl sites for hydroxylation is 2. The molecule has 1 amide bonds. The van der Waals surface area contributed by atoms with E-state index in [1.165, 1.54) is 4.42 Å².